The van der Waals surface area contributed by atoms with Crippen LogP contribution in [-0.4, -0.2) is 32.6 Å². The van der Waals surface area contributed by atoms with Crippen molar-refractivity contribution in [2.75, 3.05) is 5.75 Å². The van der Waals surface area contributed by atoms with E-state index in [0.29, 0.717) is 5.16 Å². The highest BCUT2D eigenvalue weighted by atomic mass is 32.2. The molecule has 0 aliphatic carbocycles. The SMILES string of the molecule is Cc1ccc(-c2nnc(SCC(=O)N/N=C\c3c4ccccc4cc4ccccc34)n2-c2ccc(C)cc2)cc1. The fourth-order valence-corrected chi connectivity index (χ4v) is 5.44. The molecule has 196 valence electrons. The van der Waals surface area contributed by atoms with Gasteiger partial charge in [0.15, 0.2) is 11.0 Å². The molecule has 6 aromatic rings. The number of aromatic nitrogens is 3. The van der Waals surface area contributed by atoms with Crippen LogP contribution >= 0.6 is 11.8 Å². The maximum absolute atomic E-state index is 12.8. The summed E-state index contributed by atoms with van der Waals surface area (Å²) in [4.78, 5) is 12.8. The molecule has 0 aliphatic rings. The highest BCUT2D eigenvalue weighted by Gasteiger charge is 2.17. The van der Waals surface area contributed by atoms with Crippen molar-refractivity contribution >= 4 is 45.4 Å². The van der Waals surface area contributed by atoms with Crippen LogP contribution in [0.5, 0.6) is 0 Å². The minimum atomic E-state index is -0.221. The van der Waals surface area contributed by atoms with Crippen molar-refractivity contribution in [2.45, 2.75) is 19.0 Å². The van der Waals surface area contributed by atoms with E-state index in [9.17, 15) is 4.79 Å². The predicted molar refractivity (Wildman–Crippen MR) is 164 cm³/mol. The van der Waals surface area contributed by atoms with Crippen LogP contribution in [0.2, 0.25) is 0 Å². The molecule has 1 aromatic heterocycles. The first-order valence-electron chi connectivity index (χ1n) is 13.0. The van der Waals surface area contributed by atoms with E-state index < -0.39 is 0 Å². The summed E-state index contributed by atoms with van der Waals surface area (Å²) >= 11 is 1.33. The number of rotatable bonds is 7. The molecule has 0 atom stereocenters. The first kappa shape index (κ1) is 25.5. The van der Waals surface area contributed by atoms with Crippen LogP contribution in [-0.2, 0) is 4.79 Å². The summed E-state index contributed by atoms with van der Waals surface area (Å²) in [6.45, 7) is 4.11. The molecule has 6 rings (SSSR count). The van der Waals surface area contributed by atoms with E-state index >= 15 is 0 Å². The van der Waals surface area contributed by atoms with Crippen LogP contribution in [0.1, 0.15) is 16.7 Å². The summed E-state index contributed by atoms with van der Waals surface area (Å²) < 4.78 is 1.99. The number of nitrogens with zero attached hydrogens (tertiary/aromatic N) is 4. The number of fused-ring (bicyclic) bond motifs is 2. The Morgan fingerprint density at radius 1 is 0.825 bits per heavy atom. The summed E-state index contributed by atoms with van der Waals surface area (Å²) in [7, 11) is 0. The second kappa shape index (κ2) is 11.2. The second-order valence-electron chi connectivity index (χ2n) is 9.66. The fraction of sp³-hybridized carbons (Fsp3) is 0.0909. The Hall–Kier alpha value is -4.75. The summed E-state index contributed by atoms with van der Waals surface area (Å²) in [5.74, 6) is 0.652. The van der Waals surface area contributed by atoms with Gasteiger partial charge in [-0.1, -0.05) is 108 Å². The van der Waals surface area contributed by atoms with Crippen LogP contribution in [0.3, 0.4) is 0 Å². The lowest BCUT2D eigenvalue weighted by Gasteiger charge is -2.11. The molecule has 0 aliphatic heterocycles. The monoisotopic (exact) mass is 541 g/mol. The van der Waals surface area contributed by atoms with Crippen molar-refractivity contribution in [3.8, 4) is 17.1 Å². The number of aryl methyl sites for hydroxylation is 2. The highest BCUT2D eigenvalue weighted by molar-refractivity contribution is 7.99. The molecule has 0 unspecified atom stereocenters. The standard InChI is InChI=1S/C33H27N5OS/c1-22-11-15-24(16-12-22)32-36-37-33(38(32)27-17-13-23(2)14-18-27)40-21-31(39)35-34-20-30-28-9-5-3-7-25(28)19-26-8-4-6-10-29(26)30/h3-20H,21H2,1-2H3,(H,35,39)/b34-20-. The molecule has 0 saturated heterocycles. The van der Waals surface area contributed by atoms with Crippen LogP contribution in [0.15, 0.2) is 113 Å². The lowest BCUT2D eigenvalue weighted by molar-refractivity contribution is -0.118. The number of hydrazone groups is 1. The maximum atomic E-state index is 12.8. The smallest absolute Gasteiger partial charge is 0.250 e. The highest BCUT2D eigenvalue weighted by Crippen LogP contribution is 2.29. The van der Waals surface area contributed by atoms with Crippen molar-refractivity contribution in [1.82, 2.24) is 20.2 Å². The van der Waals surface area contributed by atoms with Gasteiger partial charge >= 0.3 is 0 Å². The van der Waals surface area contributed by atoms with Crippen molar-refractivity contribution in [3.05, 3.63) is 120 Å². The number of nitrogens with one attached hydrogen (secondary N) is 1. The Balaban J connectivity index is 1.23. The second-order valence-corrected chi connectivity index (χ2v) is 10.6. The lowest BCUT2D eigenvalue weighted by atomic mass is 9.97. The van der Waals surface area contributed by atoms with E-state index in [1.165, 1.54) is 22.9 Å². The summed E-state index contributed by atoms with van der Waals surface area (Å²) in [6, 6.07) is 35.0. The molecule has 7 heteroatoms. The lowest BCUT2D eigenvalue weighted by Crippen LogP contribution is -2.20. The maximum Gasteiger partial charge on any atom is 0.250 e. The van der Waals surface area contributed by atoms with E-state index in [-0.39, 0.29) is 11.7 Å². The van der Waals surface area contributed by atoms with Gasteiger partial charge in [0.05, 0.1) is 12.0 Å². The van der Waals surface area contributed by atoms with Crippen LogP contribution in [0, 0.1) is 13.8 Å². The molecule has 0 radical (unpaired) electrons. The number of amides is 1. The molecule has 0 fully saturated rings. The Morgan fingerprint density at radius 2 is 1.43 bits per heavy atom. The molecule has 0 saturated carbocycles. The number of hydrogen-bond acceptors (Lipinski definition) is 5. The van der Waals surface area contributed by atoms with Gasteiger partial charge in [-0.2, -0.15) is 5.10 Å². The van der Waals surface area contributed by atoms with Crippen molar-refractivity contribution in [2.24, 2.45) is 5.10 Å². The number of benzene rings is 5. The van der Waals surface area contributed by atoms with Crippen LogP contribution < -0.4 is 5.43 Å². The normalized spacial score (nSPS) is 11.4. The minimum Gasteiger partial charge on any atom is -0.272 e. The van der Waals surface area contributed by atoms with Gasteiger partial charge in [0.25, 0.3) is 5.91 Å². The van der Waals surface area contributed by atoms with Gasteiger partial charge in [-0.25, -0.2) is 5.43 Å². The summed E-state index contributed by atoms with van der Waals surface area (Å²) in [5.41, 5.74) is 7.91. The molecule has 0 bridgehead atoms. The average Bonchev–Trinajstić information content (AvgIpc) is 3.40. The topological polar surface area (TPSA) is 72.2 Å². The van der Waals surface area contributed by atoms with E-state index in [4.69, 9.17) is 0 Å². The fourth-order valence-electron chi connectivity index (χ4n) is 4.70. The number of carbonyl (C=O) groups is 1. The zero-order chi connectivity index (χ0) is 27.5. The van der Waals surface area contributed by atoms with Crippen molar-refractivity contribution in [3.63, 3.8) is 0 Å². The zero-order valence-corrected chi connectivity index (χ0v) is 23.0. The van der Waals surface area contributed by atoms with E-state index in [0.717, 1.165) is 44.2 Å². The number of hydrogen-bond donors (Lipinski definition) is 1. The largest absolute Gasteiger partial charge is 0.272 e. The van der Waals surface area contributed by atoms with Gasteiger partial charge in [-0.3, -0.25) is 9.36 Å². The predicted octanol–water partition coefficient (Wildman–Crippen LogP) is 7.10. The van der Waals surface area contributed by atoms with Crippen LogP contribution in [0.25, 0.3) is 38.6 Å². The van der Waals surface area contributed by atoms with Gasteiger partial charge in [0.2, 0.25) is 0 Å². The van der Waals surface area contributed by atoms with Crippen LogP contribution in [0.4, 0.5) is 0 Å². The third-order valence-electron chi connectivity index (χ3n) is 6.76. The van der Waals surface area contributed by atoms with Crippen molar-refractivity contribution < 1.29 is 4.79 Å². The first-order chi connectivity index (χ1) is 19.6. The molecule has 5 aromatic carbocycles. The number of carbonyl (C=O) groups excluding carboxylic acids is 1. The van der Waals surface area contributed by atoms with Gasteiger partial charge in [0.1, 0.15) is 0 Å². The van der Waals surface area contributed by atoms with E-state index in [1.807, 2.05) is 53.1 Å². The Kier molecular flexibility index (Phi) is 7.12. The molecular weight excluding hydrogens is 514 g/mol. The minimum absolute atomic E-state index is 0.144. The molecule has 40 heavy (non-hydrogen) atoms. The zero-order valence-electron chi connectivity index (χ0n) is 22.2. The van der Waals surface area contributed by atoms with Gasteiger partial charge in [-0.15, -0.1) is 10.2 Å². The Morgan fingerprint density at radius 3 is 2.08 bits per heavy atom. The molecule has 6 nitrogen and oxygen atoms in total. The molecular formula is C33H27N5OS. The molecule has 0 spiro atoms. The average molecular weight is 542 g/mol. The Bertz CT molecular complexity index is 1800. The summed E-state index contributed by atoms with van der Waals surface area (Å²) in [6.07, 6.45) is 1.73. The van der Waals surface area contributed by atoms with Crippen molar-refractivity contribution in [1.29, 1.82) is 0 Å². The van der Waals surface area contributed by atoms with E-state index in [1.54, 1.807) is 6.21 Å². The Labute approximate surface area is 236 Å². The van der Waals surface area contributed by atoms with Gasteiger partial charge in [-0.05, 0) is 53.6 Å². The first-order valence-corrected chi connectivity index (χ1v) is 14.0. The molecule has 1 amide bonds. The van der Waals surface area contributed by atoms with E-state index in [2.05, 4.69) is 89.2 Å². The third-order valence-corrected chi connectivity index (χ3v) is 7.69. The molecule has 1 heterocycles. The third kappa shape index (κ3) is 5.24. The number of thioether (sulfide) groups is 1. The molecule has 1 N–H and O–H groups in total. The quantitative estimate of drug-likeness (QED) is 0.101. The van der Waals surface area contributed by atoms with Gasteiger partial charge < -0.3 is 0 Å². The summed E-state index contributed by atoms with van der Waals surface area (Å²) in [5, 5.41) is 18.3. The van der Waals surface area contributed by atoms with Gasteiger partial charge in [0, 0.05) is 16.8 Å².